The van der Waals surface area contributed by atoms with Crippen LogP contribution in [0, 0.1) is 5.92 Å². The van der Waals surface area contributed by atoms with E-state index in [0.717, 1.165) is 50.7 Å². The van der Waals surface area contributed by atoms with Crippen molar-refractivity contribution in [3.63, 3.8) is 0 Å². The maximum atomic E-state index is 12.4. The minimum absolute atomic E-state index is 0.292. The fourth-order valence-electron chi connectivity index (χ4n) is 3.82. The highest BCUT2D eigenvalue weighted by molar-refractivity contribution is 6.31. The fraction of sp³-hybridized carbons (Fsp3) is 0.632. The average molecular weight is 350 g/mol. The number of nitrogens with zero attached hydrogens (tertiary/aromatic N) is 2. The predicted molar refractivity (Wildman–Crippen MR) is 98.2 cm³/mol. The van der Waals surface area contributed by atoms with Gasteiger partial charge >= 0.3 is 0 Å². The summed E-state index contributed by atoms with van der Waals surface area (Å²) in [5, 5.41) is 4.20. The van der Waals surface area contributed by atoms with Crippen LogP contribution in [0.1, 0.15) is 37.8 Å². The molecule has 0 bridgehead atoms. The highest BCUT2D eigenvalue weighted by Crippen LogP contribution is 2.28. The molecule has 2 aliphatic rings. The maximum Gasteiger partial charge on any atom is 0.222 e. The molecule has 2 heterocycles. The lowest BCUT2D eigenvalue weighted by atomic mass is 10.0. The van der Waals surface area contributed by atoms with Crippen molar-refractivity contribution in [2.24, 2.45) is 5.92 Å². The van der Waals surface area contributed by atoms with Gasteiger partial charge in [-0.3, -0.25) is 9.69 Å². The molecule has 2 saturated heterocycles. The number of halogens is 1. The van der Waals surface area contributed by atoms with Crippen LogP contribution in [0.4, 0.5) is 0 Å². The van der Waals surface area contributed by atoms with Crippen molar-refractivity contribution in [1.82, 2.24) is 15.1 Å². The second-order valence-electron chi connectivity index (χ2n) is 7.01. The van der Waals surface area contributed by atoms with E-state index in [4.69, 9.17) is 11.6 Å². The molecule has 0 aliphatic carbocycles. The van der Waals surface area contributed by atoms with Crippen LogP contribution in [0.15, 0.2) is 24.3 Å². The Kier molecular flexibility index (Phi) is 6.14. The first-order valence-electron chi connectivity index (χ1n) is 9.12. The maximum absolute atomic E-state index is 12.4. The van der Waals surface area contributed by atoms with Gasteiger partial charge in [-0.15, -0.1) is 0 Å². The Balaban J connectivity index is 1.46. The van der Waals surface area contributed by atoms with Crippen LogP contribution in [0.5, 0.6) is 0 Å². The number of piperazine rings is 1. The number of carbonyl (C=O) groups excluding carboxylic acids is 1. The number of amides is 1. The topological polar surface area (TPSA) is 35.6 Å². The van der Waals surface area contributed by atoms with Crippen LogP contribution in [-0.4, -0.2) is 55.0 Å². The molecule has 2 unspecified atom stereocenters. The van der Waals surface area contributed by atoms with Crippen molar-refractivity contribution in [2.45, 2.75) is 32.2 Å². The number of hydrogen-bond donors (Lipinski definition) is 1. The monoisotopic (exact) mass is 349 g/mol. The van der Waals surface area contributed by atoms with Crippen LogP contribution in [-0.2, 0) is 4.79 Å². The highest BCUT2D eigenvalue weighted by Gasteiger charge is 2.26. The molecule has 1 aromatic carbocycles. The summed E-state index contributed by atoms with van der Waals surface area (Å²) < 4.78 is 0. The van der Waals surface area contributed by atoms with Crippen molar-refractivity contribution in [3.05, 3.63) is 34.9 Å². The van der Waals surface area contributed by atoms with E-state index in [0.29, 0.717) is 24.3 Å². The molecular weight excluding hydrogens is 322 g/mol. The van der Waals surface area contributed by atoms with Crippen LogP contribution in [0.25, 0.3) is 0 Å². The summed E-state index contributed by atoms with van der Waals surface area (Å²) in [6, 6.07) is 8.34. The molecule has 0 radical (unpaired) electrons. The Labute approximate surface area is 150 Å². The van der Waals surface area contributed by atoms with E-state index in [1.807, 2.05) is 23.1 Å². The van der Waals surface area contributed by atoms with Gasteiger partial charge in [0.2, 0.25) is 5.91 Å². The molecule has 1 aromatic rings. The first kappa shape index (κ1) is 17.7. The normalized spacial score (nSPS) is 23.4. The molecule has 0 spiro atoms. The smallest absolute Gasteiger partial charge is 0.222 e. The Morgan fingerprint density at radius 1 is 1.29 bits per heavy atom. The third kappa shape index (κ3) is 4.29. The minimum atomic E-state index is 0.292. The Morgan fingerprint density at radius 2 is 2.04 bits per heavy atom. The molecular formula is C19H28ClN3O. The van der Waals surface area contributed by atoms with Crippen LogP contribution < -0.4 is 5.32 Å². The third-order valence-corrected chi connectivity index (χ3v) is 5.84. The van der Waals surface area contributed by atoms with Crippen molar-refractivity contribution >= 4 is 17.5 Å². The number of benzene rings is 1. The summed E-state index contributed by atoms with van der Waals surface area (Å²) >= 11 is 6.32. The lowest BCUT2D eigenvalue weighted by Gasteiger charge is -2.38. The molecule has 24 heavy (non-hydrogen) atoms. The van der Waals surface area contributed by atoms with Gasteiger partial charge in [-0.1, -0.05) is 29.8 Å². The van der Waals surface area contributed by atoms with Crippen molar-refractivity contribution in [2.75, 3.05) is 39.3 Å². The summed E-state index contributed by atoms with van der Waals surface area (Å²) in [7, 11) is 0. The molecule has 0 saturated carbocycles. The predicted octanol–water partition coefficient (Wildman–Crippen LogP) is 2.93. The van der Waals surface area contributed by atoms with Gasteiger partial charge in [-0.05, 0) is 50.4 Å². The van der Waals surface area contributed by atoms with Crippen LogP contribution in [0.3, 0.4) is 0 Å². The summed E-state index contributed by atoms with van der Waals surface area (Å²) in [5.74, 6) is 1.02. The summed E-state index contributed by atoms with van der Waals surface area (Å²) in [5.41, 5.74) is 1.17. The second kappa shape index (κ2) is 8.32. The Morgan fingerprint density at radius 3 is 2.71 bits per heavy atom. The van der Waals surface area contributed by atoms with Crippen LogP contribution in [0.2, 0.25) is 5.02 Å². The fourth-order valence-corrected chi connectivity index (χ4v) is 4.11. The summed E-state index contributed by atoms with van der Waals surface area (Å²) in [6.45, 7) is 7.89. The zero-order valence-electron chi connectivity index (χ0n) is 14.5. The van der Waals surface area contributed by atoms with Gasteiger partial charge in [0, 0.05) is 43.7 Å². The first-order valence-corrected chi connectivity index (χ1v) is 9.50. The van der Waals surface area contributed by atoms with E-state index in [1.165, 1.54) is 12.0 Å². The van der Waals surface area contributed by atoms with E-state index in [2.05, 4.69) is 23.2 Å². The average Bonchev–Trinajstić information content (AvgIpc) is 3.13. The van der Waals surface area contributed by atoms with E-state index in [1.54, 1.807) is 0 Å². The van der Waals surface area contributed by atoms with Gasteiger partial charge in [0.15, 0.2) is 0 Å². The third-order valence-electron chi connectivity index (χ3n) is 5.50. The van der Waals surface area contributed by atoms with Gasteiger partial charge in [0.05, 0.1) is 0 Å². The molecule has 0 aromatic heterocycles. The SMILES string of the molecule is CC(c1ccccc1Cl)N1CCN(C(=O)CCC2CCNC2)CC1. The second-order valence-corrected chi connectivity index (χ2v) is 7.42. The zero-order chi connectivity index (χ0) is 16.9. The van der Waals surface area contributed by atoms with Crippen molar-refractivity contribution < 1.29 is 4.79 Å². The van der Waals surface area contributed by atoms with E-state index < -0.39 is 0 Å². The van der Waals surface area contributed by atoms with Gasteiger partial charge in [0.25, 0.3) is 0 Å². The van der Waals surface area contributed by atoms with Gasteiger partial charge in [-0.25, -0.2) is 0 Å². The molecule has 132 valence electrons. The number of rotatable bonds is 5. The molecule has 1 N–H and O–H groups in total. The molecule has 3 rings (SSSR count). The first-order chi connectivity index (χ1) is 11.6. The van der Waals surface area contributed by atoms with Crippen molar-refractivity contribution in [3.8, 4) is 0 Å². The highest BCUT2D eigenvalue weighted by atomic mass is 35.5. The van der Waals surface area contributed by atoms with Crippen molar-refractivity contribution in [1.29, 1.82) is 0 Å². The molecule has 2 aliphatic heterocycles. The lowest BCUT2D eigenvalue weighted by molar-refractivity contribution is -0.133. The molecule has 5 heteroatoms. The van der Waals surface area contributed by atoms with Gasteiger partial charge < -0.3 is 10.2 Å². The molecule has 1 amide bonds. The lowest BCUT2D eigenvalue weighted by Crippen LogP contribution is -2.49. The Bertz CT molecular complexity index is 551. The number of nitrogens with one attached hydrogen (secondary N) is 1. The zero-order valence-corrected chi connectivity index (χ0v) is 15.3. The van der Waals surface area contributed by atoms with E-state index in [9.17, 15) is 4.79 Å². The summed E-state index contributed by atoms with van der Waals surface area (Å²) in [6.07, 6.45) is 2.95. The number of carbonyl (C=O) groups is 1. The van der Waals surface area contributed by atoms with Gasteiger partial charge in [0.1, 0.15) is 0 Å². The summed E-state index contributed by atoms with van der Waals surface area (Å²) in [4.78, 5) is 16.9. The molecule has 2 fully saturated rings. The van der Waals surface area contributed by atoms with E-state index >= 15 is 0 Å². The standard InChI is InChI=1S/C19H28ClN3O/c1-15(17-4-2-3-5-18(17)20)22-10-12-23(13-11-22)19(24)7-6-16-8-9-21-14-16/h2-5,15-16,21H,6-14H2,1H3. The van der Waals surface area contributed by atoms with Gasteiger partial charge in [-0.2, -0.15) is 0 Å². The Hall–Kier alpha value is -1.10. The molecule has 2 atom stereocenters. The largest absolute Gasteiger partial charge is 0.340 e. The quantitative estimate of drug-likeness (QED) is 0.887. The van der Waals surface area contributed by atoms with Crippen LogP contribution >= 0.6 is 11.6 Å². The van der Waals surface area contributed by atoms with E-state index in [-0.39, 0.29) is 0 Å². The number of hydrogen-bond acceptors (Lipinski definition) is 3. The molecule has 4 nitrogen and oxygen atoms in total. The minimum Gasteiger partial charge on any atom is -0.340 e.